The van der Waals surface area contributed by atoms with Gasteiger partial charge in [-0.1, -0.05) is 0 Å². The number of benzene rings is 2. The third-order valence-corrected chi connectivity index (χ3v) is 7.28. The van der Waals surface area contributed by atoms with Gasteiger partial charge in [0.2, 0.25) is 12.6 Å². The summed E-state index contributed by atoms with van der Waals surface area (Å²) in [7, 11) is 1.24. The summed E-state index contributed by atoms with van der Waals surface area (Å²) in [5.41, 5.74) is -0.493. The van der Waals surface area contributed by atoms with Gasteiger partial charge in [-0.15, -0.1) is 0 Å². The molecular formula is C28H34O18. The molecule has 0 radical (unpaired) electrons. The molecule has 2 aliphatic rings. The number of hydrogen-bond donors (Lipinski definition) is 10. The zero-order valence-electron chi connectivity index (χ0n) is 24.0. The van der Waals surface area contributed by atoms with Gasteiger partial charge in [0, 0.05) is 17.7 Å². The van der Waals surface area contributed by atoms with E-state index in [9.17, 15) is 60.7 Å². The lowest BCUT2D eigenvalue weighted by Crippen LogP contribution is -2.60. The molecular weight excluding hydrogens is 624 g/mol. The van der Waals surface area contributed by atoms with E-state index in [4.69, 9.17) is 28.4 Å². The van der Waals surface area contributed by atoms with Crippen LogP contribution in [0.4, 0.5) is 0 Å². The highest BCUT2D eigenvalue weighted by molar-refractivity contribution is 5.92. The molecule has 2 fully saturated rings. The van der Waals surface area contributed by atoms with Gasteiger partial charge in [0.25, 0.3) is 0 Å². The maximum atomic E-state index is 13.1. The molecule has 0 spiro atoms. The Morgan fingerprint density at radius 3 is 1.89 bits per heavy atom. The predicted octanol–water partition coefficient (Wildman–Crippen LogP) is -3.61. The van der Waals surface area contributed by atoms with Crippen molar-refractivity contribution in [2.75, 3.05) is 20.3 Å². The summed E-state index contributed by atoms with van der Waals surface area (Å²) in [6, 6.07) is 5.29. The molecule has 18 nitrogen and oxygen atoms in total. The Balaban J connectivity index is 1.68. The number of hydrogen-bond acceptors (Lipinski definition) is 18. The van der Waals surface area contributed by atoms with Crippen LogP contribution in [0, 0.1) is 0 Å². The van der Waals surface area contributed by atoms with Gasteiger partial charge < -0.3 is 79.5 Å². The highest BCUT2D eigenvalue weighted by atomic mass is 16.7. The Bertz CT molecular complexity index is 1380. The van der Waals surface area contributed by atoms with E-state index >= 15 is 0 Å². The number of carbonyl (C=O) groups is 2. The fourth-order valence-electron chi connectivity index (χ4n) is 4.71. The van der Waals surface area contributed by atoms with Crippen molar-refractivity contribution in [3.05, 3.63) is 41.5 Å². The number of phenols is 2. The van der Waals surface area contributed by atoms with Gasteiger partial charge in [-0.25, -0.2) is 4.79 Å². The third kappa shape index (κ3) is 7.42. The Kier molecular flexibility index (Phi) is 11.2. The first-order valence-electron chi connectivity index (χ1n) is 13.7. The predicted molar refractivity (Wildman–Crippen MR) is 146 cm³/mol. The van der Waals surface area contributed by atoms with Crippen molar-refractivity contribution in [1.29, 1.82) is 0 Å². The minimum absolute atomic E-state index is 0.0830. The number of ether oxygens (including phenoxy) is 6. The lowest BCUT2D eigenvalue weighted by molar-refractivity contribution is -0.292. The molecule has 2 aliphatic heterocycles. The highest BCUT2D eigenvalue weighted by Gasteiger charge is 2.46. The number of aromatic hydroxyl groups is 2. The van der Waals surface area contributed by atoms with Gasteiger partial charge in [0.05, 0.1) is 32.3 Å². The normalized spacial score (nSPS) is 31.2. The summed E-state index contributed by atoms with van der Waals surface area (Å²) in [6.07, 6.45) is -18.5. The number of methoxy groups -OCH3 is 1. The number of rotatable bonds is 10. The molecule has 2 heterocycles. The molecule has 2 aromatic rings. The number of esters is 2. The average molecular weight is 659 g/mol. The Morgan fingerprint density at radius 2 is 1.30 bits per heavy atom. The largest absolute Gasteiger partial charge is 0.508 e. The van der Waals surface area contributed by atoms with Crippen LogP contribution in [0.1, 0.15) is 15.9 Å². The van der Waals surface area contributed by atoms with Gasteiger partial charge in [-0.2, -0.15) is 0 Å². The van der Waals surface area contributed by atoms with Crippen LogP contribution in [0.2, 0.25) is 0 Å². The molecule has 2 saturated heterocycles. The van der Waals surface area contributed by atoms with Gasteiger partial charge in [0.15, 0.2) is 11.5 Å². The van der Waals surface area contributed by atoms with Crippen molar-refractivity contribution >= 4 is 11.9 Å². The molecule has 46 heavy (non-hydrogen) atoms. The van der Waals surface area contributed by atoms with E-state index in [2.05, 4.69) is 0 Å². The molecule has 254 valence electrons. The molecule has 0 aromatic heterocycles. The Morgan fingerprint density at radius 1 is 0.739 bits per heavy atom. The smallest absolute Gasteiger partial charge is 0.343 e. The zero-order chi connectivity index (χ0) is 33.9. The number of phenolic OH excluding ortho intramolecular Hbond substituents is 2. The lowest BCUT2D eigenvalue weighted by Gasteiger charge is -2.40. The summed E-state index contributed by atoms with van der Waals surface area (Å²) in [4.78, 5) is 26.2. The standard InChI is InChI=1S/C28H34O18/c1-41-16-4-10(2-3-13(16)32)26(40)42-14-5-11(31)6-15(43-27-24(38)22(36)20(34)17(8-29)44-27)12(14)7-19(33)46-28-25(39)23(37)21(35)18(9-30)45-28/h2-6,17-18,20-25,27-32,34-39H,7-9H2,1H3/t17-,18-,20-,21-,22+,23+,24-,25-,27-,28+/m1/s1. The lowest BCUT2D eigenvalue weighted by atomic mass is 9.99. The molecule has 0 unspecified atom stereocenters. The van der Waals surface area contributed by atoms with Gasteiger partial charge >= 0.3 is 11.9 Å². The molecule has 0 bridgehead atoms. The first-order chi connectivity index (χ1) is 21.8. The van der Waals surface area contributed by atoms with Crippen LogP contribution in [0.15, 0.2) is 30.3 Å². The van der Waals surface area contributed by atoms with Crippen LogP contribution in [0.25, 0.3) is 0 Å². The van der Waals surface area contributed by atoms with Crippen LogP contribution in [-0.4, -0.2) is 145 Å². The van der Waals surface area contributed by atoms with E-state index in [0.717, 1.165) is 24.3 Å². The van der Waals surface area contributed by atoms with Gasteiger partial charge in [0.1, 0.15) is 66.1 Å². The maximum absolute atomic E-state index is 13.1. The van der Waals surface area contributed by atoms with Crippen molar-refractivity contribution in [2.45, 2.75) is 67.8 Å². The van der Waals surface area contributed by atoms with Crippen molar-refractivity contribution in [3.8, 4) is 28.7 Å². The second kappa shape index (κ2) is 14.7. The molecule has 0 aliphatic carbocycles. The van der Waals surface area contributed by atoms with Crippen LogP contribution in [0.5, 0.6) is 28.7 Å². The minimum Gasteiger partial charge on any atom is -0.508 e. The van der Waals surface area contributed by atoms with Crippen molar-refractivity contribution < 1.29 is 89.1 Å². The SMILES string of the molecule is COc1cc(C(=O)Oc2cc(O)cc(O[C@@H]3O[C@H](CO)[C@@H](O)[C@H](O)[C@H]3O)c2CC(=O)O[C@@H]2O[C@H](CO)[C@@H](O)[C@H](O)[C@H]2O)ccc1O. The van der Waals surface area contributed by atoms with E-state index in [1.54, 1.807) is 0 Å². The van der Waals surface area contributed by atoms with Crippen molar-refractivity contribution in [1.82, 2.24) is 0 Å². The highest BCUT2D eigenvalue weighted by Crippen LogP contribution is 2.38. The first-order valence-corrected chi connectivity index (χ1v) is 13.7. The monoisotopic (exact) mass is 658 g/mol. The van der Waals surface area contributed by atoms with E-state index in [1.165, 1.54) is 13.2 Å². The summed E-state index contributed by atoms with van der Waals surface area (Å²) in [6.45, 7) is -1.61. The van der Waals surface area contributed by atoms with Crippen LogP contribution in [0.3, 0.4) is 0 Å². The van der Waals surface area contributed by atoms with E-state index < -0.39 is 110 Å². The summed E-state index contributed by atoms with van der Waals surface area (Å²) < 4.78 is 31.7. The van der Waals surface area contributed by atoms with E-state index in [1.807, 2.05) is 0 Å². The fraction of sp³-hybridized carbons (Fsp3) is 0.500. The second-order valence-electron chi connectivity index (χ2n) is 10.4. The zero-order valence-corrected chi connectivity index (χ0v) is 24.0. The first kappa shape index (κ1) is 35.0. The molecule has 2 aromatic carbocycles. The molecule has 10 atom stereocenters. The van der Waals surface area contributed by atoms with Crippen molar-refractivity contribution in [3.63, 3.8) is 0 Å². The summed E-state index contributed by atoms with van der Waals surface area (Å²) >= 11 is 0. The van der Waals surface area contributed by atoms with E-state index in [-0.39, 0.29) is 22.6 Å². The molecule has 10 N–H and O–H groups in total. The second-order valence-corrected chi connectivity index (χ2v) is 10.4. The van der Waals surface area contributed by atoms with Gasteiger partial charge in [-0.05, 0) is 18.2 Å². The topological polar surface area (TPSA) is 292 Å². The minimum atomic E-state index is -1.95. The quantitative estimate of drug-likeness (QED) is 0.0871. The Labute approximate surface area is 259 Å². The third-order valence-electron chi connectivity index (χ3n) is 7.28. The Hall–Kier alpha value is -3.82. The molecule has 18 heteroatoms. The van der Waals surface area contributed by atoms with E-state index in [0.29, 0.717) is 0 Å². The average Bonchev–Trinajstić information content (AvgIpc) is 3.03. The fourth-order valence-corrected chi connectivity index (χ4v) is 4.71. The molecule has 0 saturated carbocycles. The number of aliphatic hydroxyl groups is 8. The number of carbonyl (C=O) groups excluding carboxylic acids is 2. The van der Waals surface area contributed by atoms with Crippen LogP contribution < -0.4 is 14.2 Å². The van der Waals surface area contributed by atoms with Crippen LogP contribution >= 0.6 is 0 Å². The number of aliphatic hydroxyl groups excluding tert-OH is 8. The van der Waals surface area contributed by atoms with Gasteiger partial charge in [-0.3, -0.25) is 4.79 Å². The maximum Gasteiger partial charge on any atom is 0.343 e. The van der Waals surface area contributed by atoms with Crippen LogP contribution in [-0.2, 0) is 25.4 Å². The molecule has 4 rings (SSSR count). The summed E-state index contributed by atoms with van der Waals surface area (Å²) in [5, 5.41) is 100. The van der Waals surface area contributed by atoms with Crippen molar-refractivity contribution in [2.24, 2.45) is 0 Å². The summed E-state index contributed by atoms with van der Waals surface area (Å²) in [5.74, 6) is -4.27. The molecule has 0 amide bonds.